The van der Waals surface area contributed by atoms with Gasteiger partial charge in [-0.05, 0) is 49.2 Å². The standard InChI is InChI=1S/C25H29N5O/c31-25(28-21-3-1-2-4-21)19-7-5-18(6-8-19)23-17-20(11-12-27-23)22-9-10-24(29-22)30-15-13-26-14-16-30/h5-12,17,21,26,29H,1-4,13-16H2,(H,28,31). The van der Waals surface area contributed by atoms with Crippen LogP contribution in [0.2, 0.25) is 0 Å². The number of nitrogens with one attached hydrogen (secondary N) is 3. The predicted octanol–water partition coefficient (Wildman–Crippen LogP) is 3.83. The fourth-order valence-corrected chi connectivity index (χ4v) is 4.53. The Labute approximate surface area is 183 Å². The van der Waals surface area contributed by atoms with Crippen LogP contribution in [0.25, 0.3) is 22.5 Å². The Kier molecular flexibility index (Phi) is 5.71. The summed E-state index contributed by atoms with van der Waals surface area (Å²) in [5.74, 6) is 1.18. The van der Waals surface area contributed by atoms with Crippen molar-refractivity contribution < 1.29 is 4.79 Å². The maximum absolute atomic E-state index is 12.5. The molecule has 5 rings (SSSR count). The number of aromatic amines is 1. The van der Waals surface area contributed by atoms with E-state index in [2.05, 4.69) is 43.7 Å². The van der Waals surface area contributed by atoms with Crippen molar-refractivity contribution >= 4 is 11.7 Å². The van der Waals surface area contributed by atoms with Gasteiger partial charge < -0.3 is 20.5 Å². The molecule has 2 aromatic heterocycles. The third-order valence-electron chi connectivity index (χ3n) is 6.33. The highest BCUT2D eigenvalue weighted by Crippen LogP contribution is 2.27. The SMILES string of the molecule is O=C(NC1CCCC1)c1ccc(-c2cc(-c3ccc(N4CCNCC4)[nH]3)ccn2)cc1. The zero-order valence-corrected chi connectivity index (χ0v) is 17.7. The average molecular weight is 416 g/mol. The fraction of sp³-hybridized carbons (Fsp3) is 0.360. The van der Waals surface area contributed by atoms with Crippen molar-refractivity contribution in [3.05, 3.63) is 60.3 Å². The molecule has 3 heterocycles. The Morgan fingerprint density at radius 1 is 0.968 bits per heavy atom. The van der Waals surface area contributed by atoms with Crippen molar-refractivity contribution in [2.24, 2.45) is 0 Å². The Morgan fingerprint density at radius 3 is 2.52 bits per heavy atom. The molecule has 1 saturated carbocycles. The Balaban J connectivity index is 1.31. The molecule has 160 valence electrons. The van der Waals surface area contributed by atoms with Crippen molar-refractivity contribution in [2.75, 3.05) is 31.1 Å². The van der Waals surface area contributed by atoms with E-state index < -0.39 is 0 Å². The van der Waals surface area contributed by atoms with Crippen molar-refractivity contribution in [3.8, 4) is 22.5 Å². The lowest BCUT2D eigenvalue weighted by molar-refractivity contribution is 0.0938. The molecule has 0 radical (unpaired) electrons. The molecule has 31 heavy (non-hydrogen) atoms. The summed E-state index contributed by atoms with van der Waals surface area (Å²) in [6, 6.07) is 16.5. The molecule has 1 aliphatic carbocycles. The summed E-state index contributed by atoms with van der Waals surface area (Å²) in [5.41, 5.74) is 4.81. The molecule has 2 fully saturated rings. The highest BCUT2D eigenvalue weighted by atomic mass is 16.1. The maximum atomic E-state index is 12.5. The van der Waals surface area contributed by atoms with Crippen LogP contribution in [-0.4, -0.2) is 48.1 Å². The smallest absolute Gasteiger partial charge is 0.251 e. The minimum absolute atomic E-state index is 0.0204. The van der Waals surface area contributed by atoms with E-state index in [1.807, 2.05) is 36.5 Å². The van der Waals surface area contributed by atoms with E-state index in [1.54, 1.807) is 0 Å². The van der Waals surface area contributed by atoms with Gasteiger partial charge in [0.25, 0.3) is 5.91 Å². The summed E-state index contributed by atoms with van der Waals surface area (Å²) < 4.78 is 0. The van der Waals surface area contributed by atoms with Crippen LogP contribution in [-0.2, 0) is 0 Å². The van der Waals surface area contributed by atoms with Crippen LogP contribution in [0.15, 0.2) is 54.7 Å². The number of benzene rings is 1. The number of hydrogen-bond donors (Lipinski definition) is 3. The van der Waals surface area contributed by atoms with Gasteiger partial charge >= 0.3 is 0 Å². The molecule has 1 amide bonds. The van der Waals surface area contributed by atoms with Gasteiger partial charge in [0.15, 0.2) is 0 Å². The second kappa shape index (κ2) is 8.94. The number of hydrogen-bond acceptors (Lipinski definition) is 4. The normalized spacial score (nSPS) is 17.1. The first-order valence-electron chi connectivity index (χ1n) is 11.3. The number of carbonyl (C=O) groups excluding carboxylic acids is 1. The molecule has 3 aromatic rings. The lowest BCUT2D eigenvalue weighted by Gasteiger charge is -2.28. The summed E-state index contributed by atoms with van der Waals surface area (Å²) in [6.07, 6.45) is 6.45. The van der Waals surface area contributed by atoms with Gasteiger partial charge in [0.05, 0.1) is 5.69 Å². The monoisotopic (exact) mass is 415 g/mol. The number of anilines is 1. The number of piperazine rings is 1. The number of H-pyrrole nitrogens is 1. The molecule has 6 heteroatoms. The lowest BCUT2D eigenvalue weighted by Crippen LogP contribution is -2.43. The van der Waals surface area contributed by atoms with Crippen molar-refractivity contribution in [1.29, 1.82) is 0 Å². The number of rotatable bonds is 5. The average Bonchev–Trinajstić information content (AvgIpc) is 3.52. The molecular formula is C25H29N5O. The summed E-state index contributed by atoms with van der Waals surface area (Å²) in [7, 11) is 0. The number of carbonyl (C=O) groups is 1. The lowest BCUT2D eigenvalue weighted by atomic mass is 10.1. The Hall–Kier alpha value is -3.12. The first-order valence-corrected chi connectivity index (χ1v) is 11.3. The van der Waals surface area contributed by atoms with Crippen LogP contribution in [0.3, 0.4) is 0 Å². The van der Waals surface area contributed by atoms with Crippen LogP contribution in [0, 0.1) is 0 Å². The second-order valence-electron chi connectivity index (χ2n) is 8.46. The number of amides is 1. The zero-order valence-electron chi connectivity index (χ0n) is 17.7. The molecule has 0 atom stereocenters. The first kappa shape index (κ1) is 19.8. The number of aromatic nitrogens is 2. The van der Waals surface area contributed by atoms with Crippen LogP contribution in [0.5, 0.6) is 0 Å². The van der Waals surface area contributed by atoms with Gasteiger partial charge in [0.1, 0.15) is 5.82 Å². The van der Waals surface area contributed by atoms with E-state index >= 15 is 0 Å². The molecule has 1 aliphatic heterocycles. The van der Waals surface area contributed by atoms with E-state index in [1.165, 1.54) is 12.8 Å². The molecule has 0 unspecified atom stereocenters. The number of nitrogens with zero attached hydrogens (tertiary/aromatic N) is 2. The zero-order chi connectivity index (χ0) is 21.0. The van der Waals surface area contributed by atoms with Gasteiger partial charge in [-0.3, -0.25) is 9.78 Å². The van der Waals surface area contributed by atoms with E-state index in [-0.39, 0.29) is 5.91 Å². The molecule has 2 aliphatic rings. The van der Waals surface area contributed by atoms with Crippen molar-refractivity contribution in [1.82, 2.24) is 20.6 Å². The van der Waals surface area contributed by atoms with E-state index in [4.69, 9.17) is 0 Å². The van der Waals surface area contributed by atoms with Crippen LogP contribution in [0.1, 0.15) is 36.0 Å². The fourth-order valence-electron chi connectivity index (χ4n) is 4.53. The van der Waals surface area contributed by atoms with Gasteiger partial charge in [0.2, 0.25) is 0 Å². The van der Waals surface area contributed by atoms with Gasteiger partial charge in [-0.2, -0.15) is 0 Å². The molecule has 0 bridgehead atoms. The van der Waals surface area contributed by atoms with Crippen molar-refractivity contribution in [2.45, 2.75) is 31.7 Å². The molecule has 6 nitrogen and oxygen atoms in total. The van der Waals surface area contributed by atoms with E-state index in [9.17, 15) is 4.79 Å². The third kappa shape index (κ3) is 4.49. The van der Waals surface area contributed by atoms with Gasteiger partial charge in [-0.25, -0.2) is 0 Å². The van der Waals surface area contributed by atoms with E-state index in [0.29, 0.717) is 11.6 Å². The van der Waals surface area contributed by atoms with Gasteiger partial charge in [0, 0.05) is 60.8 Å². The topological polar surface area (TPSA) is 73.1 Å². The third-order valence-corrected chi connectivity index (χ3v) is 6.33. The minimum Gasteiger partial charge on any atom is -0.356 e. The molecule has 0 spiro atoms. The Morgan fingerprint density at radius 2 is 1.74 bits per heavy atom. The van der Waals surface area contributed by atoms with Crippen LogP contribution < -0.4 is 15.5 Å². The highest BCUT2D eigenvalue weighted by molar-refractivity contribution is 5.94. The van der Waals surface area contributed by atoms with Gasteiger partial charge in [-0.15, -0.1) is 0 Å². The largest absolute Gasteiger partial charge is 0.356 e. The summed E-state index contributed by atoms with van der Waals surface area (Å²) in [4.78, 5) is 23.0. The maximum Gasteiger partial charge on any atom is 0.251 e. The van der Waals surface area contributed by atoms with Gasteiger partial charge in [-0.1, -0.05) is 25.0 Å². The van der Waals surface area contributed by atoms with E-state index in [0.717, 1.165) is 67.4 Å². The second-order valence-corrected chi connectivity index (χ2v) is 8.46. The number of pyridine rings is 1. The molecule has 1 aromatic carbocycles. The highest BCUT2D eigenvalue weighted by Gasteiger charge is 2.18. The quantitative estimate of drug-likeness (QED) is 0.592. The summed E-state index contributed by atoms with van der Waals surface area (Å²) >= 11 is 0. The Bertz CT molecular complexity index is 1030. The molecule has 1 saturated heterocycles. The summed E-state index contributed by atoms with van der Waals surface area (Å²) in [5, 5.41) is 6.54. The van der Waals surface area contributed by atoms with Crippen LogP contribution >= 0.6 is 0 Å². The van der Waals surface area contributed by atoms with Crippen LogP contribution in [0.4, 0.5) is 5.82 Å². The predicted molar refractivity (Wildman–Crippen MR) is 124 cm³/mol. The molecular weight excluding hydrogens is 386 g/mol. The molecule has 3 N–H and O–H groups in total. The summed E-state index contributed by atoms with van der Waals surface area (Å²) in [6.45, 7) is 4.06. The first-order chi connectivity index (χ1) is 15.3. The minimum atomic E-state index is 0.0204. The van der Waals surface area contributed by atoms with Crippen molar-refractivity contribution in [3.63, 3.8) is 0 Å².